The molecular formula is C27H27NO6. The molecule has 1 aliphatic rings. The maximum absolute atomic E-state index is 11.8. The standard InChI is InChI=1S/C27H27NO6/c29-28(30)24-19-32-25(20-31-16-21-10-4-1-5-11-21)27(34-18-23-14-8-3-9-15-23)26(24)33-17-22-12-6-2-7-13-22/h1-15,19,25-27H,16-18,20H2/t25?,26-,27-/m1/s1. The van der Waals surface area contributed by atoms with Crippen molar-refractivity contribution in [3.8, 4) is 0 Å². The van der Waals surface area contributed by atoms with Crippen LogP contribution in [0.2, 0.25) is 0 Å². The highest BCUT2D eigenvalue weighted by molar-refractivity contribution is 5.16. The molecule has 7 nitrogen and oxygen atoms in total. The molecule has 0 spiro atoms. The van der Waals surface area contributed by atoms with Crippen LogP contribution in [-0.2, 0) is 38.8 Å². The predicted octanol–water partition coefficient (Wildman–Crippen LogP) is 4.89. The van der Waals surface area contributed by atoms with E-state index in [9.17, 15) is 10.1 Å². The summed E-state index contributed by atoms with van der Waals surface area (Å²) in [4.78, 5) is 11.3. The van der Waals surface area contributed by atoms with E-state index in [-0.39, 0.29) is 25.5 Å². The third kappa shape index (κ3) is 6.51. The maximum atomic E-state index is 11.8. The minimum atomic E-state index is -0.919. The Morgan fingerprint density at radius 1 is 0.735 bits per heavy atom. The fourth-order valence-electron chi connectivity index (χ4n) is 3.71. The van der Waals surface area contributed by atoms with E-state index < -0.39 is 23.2 Å². The molecule has 0 aromatic heterocycles. The van der Waals surface area contributed by atoms with Crippen LogP contribution >= 0.6 is 0 Å². The minimum absolute atomic E-state index is 0.173. The first-order chi connectivity index (χ1) is 16.7. The summed E-state index contributed by atoms with van der Waals surface area (Å²) >= 11 is 0. The lowest BCUT2D eigenvalue weighted by atomic mass is 10.0. The monoisotopic (exact) mass is 461 g/mol. The summed E-state index contributed by atoms with van der Waals surface area (Å²) in [6.45, 7) is 1.06. The van der Waals surface area contributed by atoms with Crippen molar-refractivity contribution in [1.29, 1.82) is 0 Å². The SMILES string of the molecule is O=[N+]([O-])C1=COC(COCc2ccccc2)[C@@H](OCc2ccccc2)[C@@H]1OCc1ccccc1. The van der Waals surface area contributed by atoms with E-state index in [1.54, 1.807) is 0 Å². The number of ether oxygens (including phenoxy) is 4. The van der Waals surface area contributed by atoms with E-state index in [1.165, 1.54) is 0 Å². The molecule has 1 aliphatic heterocycles. The van der Waals surface area contributed by atoms with Gasteiger partial charge in [0.05, 0.1) is 31.4 Å². The van der Waals surface area contributed by atoms with Gasteiger partial charge in [0.1, 0.15) is 6.10 Å². The second-order valence-electron chi connectivity index (χ2n) is 7.95. The summed E-state index contributed by atoms with van der Waals surface area (Å²) in [7, 11) is 0. The molecule has 3 aromatic carbocycles. The van der Waals surface area contributed by atoms with Crippen molar-refractivity contribution in [1.82, 2.24) is 0 Å². The third-order valence-electron chi connectivity index (χ3n) is 5.48. The Morgan fingerprint density at radius 2 is 1.24 bits per heavy atom. The highest BCUT2D eigenvalue weighted by Crippen LogP contribution is 2.27. The normalized spacial score (nSPS) is 19.8. The van der Waals surface area contributed by atoms with Gasteiger partial charge < -0.3 is 18.9 Å². The van der Waals surface area contributed by atoms with Crippen LogP contribution in [0.4, 0.5) is 0 Å². The van der Waals surface area contributed by atoms with E-state index in [0.29, 0.717) is 6.61 Å². The van der Waals surface area contributed by atoms with Crippen LogP contribution in [0, 0.1) is 10.1 Å². The smallest absolute Gasteiger partial charge is 0.311 e. The van der Waals surface area contributed by atoms with E-state index in [1.807, 2.05) is 91.0 Å². The Labute approximate surface area is 198 Å². The number of benzene rings is 3. The number of nitrogens with zero attached hydrogens (tertiary/aromatic N) is 1. The predicted molar refractivity (Wildman–Crippen MR) is 126 cm³/mol. The van der Waals surface area contributed by atoms with Gasteiger partial charge in [0.15, 0.2) is 18.5 Å². The molecule has 1 heterocycles. The zero-order chi connectivity index (χ0) is 23.6. The molecule has 34 heavy (non-hydrogen) atoms. The number of rotatable bonds is 11. The van der Waals surface area contributed by atoms with Crippen molar-refractivity contribution >= 4 is 0 Å². The summed E-state index contributed by atoms with van der Waals surface area (Å²) in [5.74, 6) is 0. The van der Waals surface area contributed by atoms with Crippen molar-refractivity contribution in [3.63, 3.8) is 0 Å². The van der Waals surface area contributed by atoms with Gasteiger partial charge in [0, 0.05) is 0 Å². The molecule has 0 bridgehead atoms. The molecule has 0 radical (unpaired) electrons. The maximum Gasteiger partial charge on any atom is 0.311 e. The summed E-state index contributed by atoms with van der Waals surface area (Å²) in [5, 5.41) is 11.8. The largest absolute Gasteiger partial charge is 0.486 e. The molecule has 0 amide bonds. The van der Waals surface area contributed by atoms with Crippen LogP contribution in [0.1, 0.15) is 16.7 Å². The zero-order valence-electron chi connectivity index (χ0n) is 18.7. The lowest BCUT2D eigenvalue weighted by molar-refractivity contribution is -0.447. The number of nitro groups is 1. The first-order valence-electron chi connectivity index (χ1n) is 11.1. The molecular weight excluding hydrogens is 434 g/mol. The highest BCUT2D eigenvalue weighted by Gasteiger charge is 2.44. The molecule has 7 heteroatoms. The van der Waals surface area contributed by atoms with Crippen molar-refractivity contribution in [3.05, 3.63) is 130 Å². The Hall–Kier alpha value is -3.52. The second kappa shape index (κ2) is 12.1. The van der Waals surface area contributed by atoms with Crippen LogP contribution in [0.15, 0.2) is 103 Å². The van der Waals surface area contributed by atoms with E-state index >= 15 is 0 Å². The van der Waals surface area contributed by atoms with Crippen LogP contribution in [-0.4, -0.2) is 29.8 Å². The summed E-state index contributed by atoms with van der Waals surface area (Å²) in [6.07, 6.45) is -1.06. The Bertz CT molecular complexity index is 1060. The molecule has 0 aliphatic carbocycles. The molecule has 1 unspecified atom stereocenters. The van der Waals surface area contributed by atoms with E-state index in [4.69, 9.17) is 18.9 Å². The first-order valence-corrected chi connectivity index (χ1v) is 11.1. The highest BCUT2D eigenvalue weighted by atomic mass is 16.6. The molecule has 0 saturated carbocycles. The quantitative estimate of drug-likeness (QED) is 0.299. The Morgan fingerprint density at radius 3 is 1.76 bits per heavy atom. The van der Waals surface area contributed by atoms with Gasteiger partial charge in [-0.1, -0.05) is 91.0 Å². The van der Waals surface area contributed by atoms with Crippen molar-refractivity contribution in [2.24, 2.45) is 0 Å². The van der Waals surface area contributed by atoms with Crippen LogP contribution in [0.3, 0.4) is 0 Å². The van der Waals surface area contributed by atoms with Crippen LogP contribution < -0.4 is 0 Å². The molecule has 4 rings (SSSR count). The van der Waals surface area contributed by atoms with Crippen molar-refractivity contribution < 1.29 is 23.9 Å². The van der Waals surface area contributed by atoms with Gasteiger partial charge in [0.2, 0.25) is 0 Å². The average Bonchev–Trinajstić information content (AvgIpc) is 2.88. The molecule has 0 N–H and O–H groups in total. The molecule has 3 atom stereocenters. The Kier molecular flexibility index (Phi) is 8.40. The van der Waals surface area contributed by atoms with E-state index in [2.05, 4.69) is 0 Å². The number of hydrogen-bond acceptors (Lipinski definition) is 6. The van der Waals surface area contributed by atoms with E-state index in [0.717, 1.165) is 23.0 Å². The molecule has 0 fully saturated rings. The van der Waals surface area contributed by atoms with Crippen LogP contribution in [0.5, 0.6) is 0 Å². The van der Waals surface area contributed by atoms with Gasteiger partial charge in [0.25, 0.3) is 0 Å². The van der Waals surface area contributed by atoms with Gasteiger partial charge in [-0.15, -0.1) is 0 Å². The molecule has 3 aromatic rings. The van der Waals surface area contributed by atoms with Crippen molar-refractivity contribution in [2.45, 2.75) is 38.1 Å². The summed E-state index contributed by atoms with van der Waals surface area (Å²) < 4.78 is 23.9. The van der Waals surface area contributed by atoms with Crippen molar-refractivity contribution in [2.75, 3.05) is 6.61 Å². The fraction of sp³-hybridized carbons (Fsp3) is 0.259. The summed E-state index contributed by atoms with van der Waals surface area (Å²) in [5.41, 5.74) is 2.72. The Balaban J connectivity index is 1.50. The minimum Gasteiger partial charge on any atom is -0.486 e. The first kappa shape index (κ1) is 23.6. The zero-order valence-corrected chi connectivity index (χ0v) is 18.7. The second-order valence-corrected chi connectivity index (χ2v) is 7.95. The topological polar surface area (TPSA) is 80.1 Å². The molecule has 0 saturated heterocycles. The summed E-state index contributed by atoms with van der Waals surface area (Å²) in [6, 6.07) is 29.0. The van der Waals surface area contributed by atoms with Gasteiger partial charge in [-0.05, 0) is 16.7 Å². The lowest BCUT2D eigenvalue weighted by Crippen LogP contribution is -2.49. The molecule has 176 valence electrons. The average molecular weight is 462 g/mol. The third-order valence-corrected chi connectivity index (χ3v) is 5.48. The van der Waals surface area contributed by atoms with Crippen LogP contribution in [0.25, 0.3) is 0 Å². The van der Waals surface area contributed by atoms with Gasteiger partial charge >= 0.3 is 5.70 Å². The fourth-order valence-corrected chi connectivity index (χ4v) is 3.71. The lowest BCUT2D eigenvalue weighted by Gasteiger charge is -2.34. The number of hydrogen-bond donors (Lipinski definition) is 0. The van der Waals surface area contributed by atoms with Gasteiger partial charge in [-0.25, -0.2) is 0 Å². The van der Waals surface area contributed by atoms with Gasteiger partial charge in [-0.2, -0.15) is 0 Å². The van der Waals surface area contributed by atoms with Gasteiger partial charge in [-0.3, -0.25) is 10.1 Å².